The normalized spacial score (nSPS) is 11.1. The zero-order chi connectivity index (χ0) is 17.9. The predicted octanol–water partition coefficient (Wildman–Crippen LogP) is 4.92. The van der Waals surface area contributed by atoms with Crippen molar-refractivity contribution < 1.29 is 4.79 Å². The maximum atomic E-state index is 12.6. The Morgan fingerprint density at radius 1 is 0.923 bits per heavy atom. The van der Waals surface area contributed by atoms with Crippen LogP contribution in [0.5, 0.6) is 0 Å². The molecule has 3 aromatic carbocycles. The smallest absolute Gasteiger partial charge is 0.251 e. The third-order valence-corrected chi connectivity index (χ3v) is 4.90. The highest BCUT2D eigenvalue weighted by Crippen LogP contribution is 2.20. The lowest BCUT2D eigenvalue weighted by Gasteiger charge is -2.10. The first-order valence-electron chi connectivity index (χ1n) is 9.05. The first-order valence-corrected chi connectivity index (χ1v) is 9.05. The molecule has 4 rings (SSSR count). The van der Waals surface area contributed by atoms with Gasteiger partial charge in [0.2, 0.25) is 0 Å². The summed E-state index contributed by atoms with van der Waals surface area (Å²) in [5.41, 5.74) is 3.25. The van der Waals surface area contributed by atoms with E-state index in [4.69, 9.17) is 0 Å². The molecule has 0 aliphatic heterocycles. The number of amides is 1. The molecule has 0 spiro atoms. The number of aryl methyl sites for hydroxylation is 2. The first kappa shape index (κ1) is 16.4. The number of rotatable bonds is 5. The van der Waals surface area contributed by atoms with Gasteiger partial charge in [-0.15, -0.1) is 0 Å². The molecule has 26 heavy (non-hydrogen) atoms. The van der Waals surface area contributed by atoms with Crippen LogP contribution in [0.3, 0.4) is 0 Å². The van der Waals surface area contributed by atoms with Crippen molar-refractivity contribution in [3.63, 3.8) is 0 Å². The van der Waals surface area contributed by atoms with Gasteiger partial charge >= 0.3 is 0 Å². The van der Waals surface area contributed by atoms with Crippen molar-refractivity contribution in [2.24, 2.45) is 0 Å². The van der Waals surface area contributed by atoms with Gasteiger partial charge < -0.3 is 9.88 Å². The van der Waals surface area contributed by atoms with Gasteiger partial charge in [-0.2, -0.15) is 0 Å². The number of fused-ring (bicyclic) bond motifs is 2. The van der Waals surface area contributed by atoms with Crippen molar-refractivity contribution in [1.82, 2.24) is 9.88 Å². The molecule has 130 valence electrons. The Morgan fingerprint density at radius 3 is 2.54 bits per heavy atom. The summed E-state index contributed by atoms with van der Waals surface area (Å²) in [7, 11) is 0. The maximum absolute atomic E-state index is 12.6. The molecule has 0 aliphatic carbocycles. The zero-order valence-electron chi connectivity index (χ0n) is 14.9. The molecule has 1 amide bonds. The van der Waals surface area contributed by atoms with Gasteiger partial charge in [0.25, 0.3) is 5.91 Å². The largest absolute Gasteiger partial charge is 0.352 e. The maximum Gasteiger partial charge on any atom is 0.251 e. The van der Waals surface area contributed by atoms with Gasteiger partial charge in [0.15, 0.2) is 0 Å². The molecule has 0 bridgehead atoms. The van der Waals surface area contributed by atoms with Crippen LogP contribution in [0.4, 0.5) is 0 Å². The zero-order valence-corrected chi connectivity index (χ0v) is 14.9. The number of carbonyl (C=O) groups is 1. The Balaban J connectivity index is 1.41. The third-order valence-electron chi connectivity index (χ3n) is 4.90. The van der Waals surface area contributed by atoms with Crippen molar-refractivity contribution in [2.45, 2.75) is 19.9 Å². The lowest BCUT2D eigenvalue weighted by Crippen LogP contribution is -2.25. The summed E-state index contributed by atoms with van der Waals surface area (Å²) >= 11 is 0. The van der Waals surface area contributed by atoms with Gasteiger partial charge in [-0.25, -0.2) is 0 Å². The van der Waals surface area contributed by atoms with Gasteiger partial charge in [-0.1, -0.05) is 54.6 Å². The Hall–Kier alpha value is -3.07. The minimum atomic E-state index is -0.00381. The van der Waals surface area contributed by atoms with Crippen LogP contribution in [0.15, 0.2) is 72.8 Å². The second-order valence-electron chi connectivity index (χ2n) is 6.63. The van der Waals surface area contributed by atoms with Crippen LogP contribution in [0.1, 0.15) is 22.5 Å². The molecular formula is C23H22N2O. The fraction of sp³-hybridized carbons (Fsp3) is 0.174. The van der Waals surface area contributed by atoms with E-state index in [-0.39, 0.29) is 5.91 Å². The molecule has 0 radical (unpaired) electrons. The topological polar surface area (TPSA) is 34.0 Å². The van der Waals surface area contributed by atoms with E-state index in [0.29, 0.717) is 6.54 Å². The van der Waals surface area contributed by atoms with Crippen molar-refractivity contribution in [1.29, 1.82) is 0 Å². The van der Waals surface area contributed by atoms with Crippen LogP contribution in [-0.2, 0) is 6.54 Å². The molecule has 1 aromatic heterocycles. The molecule has 0 fully saturated rings. The molecule has 3 nitrogen and oxygen atoms in total. The van der Waals surface area contributed by atoms with Crippen LogP contribution < -0.4 is 5.32 Å². The summed E-state index contributed by atoms with van der Waals surface area (Å²) in [6.07, 6.45) is 0.899. The first-order chi connectivity index (χ1) is 12.7. The number of hydrogen-bond acceptors (Lipinski definition) is 1. The molecule has 1 N–H and O–H groups in total. The fourth-order valence-electron chi connectivity index (χ4n) is 3.60. The average Bonchev–Trinajstić information content (AvgIpc) is 3.00. The molecule has 4 aromatic rings. The molecule has 0 unspecified atom stereocenters. The van der Waals surface area contributed by atoms with Crippen LogP contribution in [0.2, 0.25) is 0 Å². The van der Waals surface area contributed by atoms with Crippen molar-refractivity contribution in [3.8, 4) is 0 Å². The van der Waals surface area contributed by atoms with E-state index in [1.165, 1.54) is 16.6 Å². The Morgan fingerprint density at radius 2 is 1.65 bits per heavy atom. The average molecular weight is 342 g/mol. The standard InChI is InChI=1S/C23H22N2O/c1-17-16-19-9-3-5-13-22(19)25(17)15-7-14-24-23(26)21-12-6-10-18-8-2-4-11-20(18)21/h2-6,8-13,16H,7,14-15H2,1H3,(H,24,26). The van der Waals surface area contributed by atoms with Gasteiger partial charge in [0, 0.05) is 29.9 Å². The van der Waals surface area contributed by atoms with Crippen molar-refractivity contribution >= 4 is 27.6 Å². The lowest BCUT2D eigenvalue weighted by molar-refractivity contribution is 0.0954. The molecular weight excluding hydrogens is 320 g/mol. The predicted molar refractivity (Wildman–Crippen MR) is 108 cm³/mol. The van der Waals surface area contributed by atoms with Gasteiger partial charge in [-0.05, 0) is 47.7 Å². The van der Waals surface area contributed by atoms with E-state index < -0.39 is 0 Å². The molecule has 0 saturated carbocycles. The molecule has 0 saturated heterocycles. The summed E-state index contributed by atoms with van der Waals surface area (Å²) in [5.74, 6) is -0.00381. The van der Waals surface area contributed by atoms with Gasteiger partial charge in [-0.3, -0.25) is 4.79 Å². The highest BCUT2D eigenvalue weighted by Gasteiger charge is 2.09. The van der Waals surface area contributed by atoms with Gasteiger partial charge in [0.05, 0.1) is 0 Å². The molecule has 0 atom stereocenters. The quantitative estimate of drug-likeness (QED) is 0.513. The van der Waals surface area contributed by atoms with E-state index in [2.05, 4.69) is 47.1 Å². The Labute approximate surface area is 153 Å². The number of para-hydroxylation sites is 1. The molecule has 0 aliphatic rings. The number of benzene rings is 3. The second-order valence-corrected chi connectivity index (χ2v) is 6.63. The van der Waals surface area contributed by atoms with Crippen molar-refractivity contribution in [3.05, 3.63) is 84.1 Å². The number of carbonyl (C=O) groups excluding carboxylic acids is 1. The monoisotopic (exact) mass is 342 g/mol. The van der Waals surface area contributed by atoms with Crippen LogP contribution in [0, 0.1) is 6.92 Å². The van der Waals surface area contributed by atoms with Crippen LogP contribution in [0.25, 0.3) is 21.7 Å². The van der Waals surface area contributed by atoms with Crippen molar-refractivity contribution in [2.75, 3.05) is 6.54 Å². The van der Waals surface area contributed by atoms with E-state index >= 15 is 0 Å². The molecule has 3 heteroatoms. The van der Waals surface area contributed by atoms with E-state index in [1.54, 1.807) is 0 Å². The van der Waals surface area contributed by atoms with E-state index in [9.17, 15) is 4.79 Å². The van der Waals surface area contributed by atoms with Crippen LogP contribution >= 0.6 is 0 Å². The van der Waals surface area contributed by atoms with Crippen LogP contribution in [-0.4, -0.2) is 17.0 Å². The summed E-state index contributed by atoms with van der Waals surface area (Å²) in [6.45, 7) is 3.69. The highest BCUT2D eigenvalue weighted by atomic mass is 16.1. The van der Waals surface area contributed by atoms with E-state index in [0.717, 1.165) is 29.3 Å². The van der Waals surface area contributed by atoms with E-state index in [1.807, 2.05) is 42.5 Å². The SMILES string of the molecule is Cc1cc2ccccc2n1CCCNC(=O)c1cccc2ccccc12. The highest BCUT2D eigenvalue weighted by molar-refractivity contribution is 6.06. The number of nitrogens with one attached hydrogen (secondary N) is 1. The number of nitrogens with zero attached hydrogens (tertiary/aromatic N) is 1. The van der Waals surface area contributed by atoms with Gasteiger partial charge in [0.1, 0.15) is 0 Å². The number of hydrogen-bond donors (Lipinski definition) is 1. The molecule has 1 heterocycles. The minimum absolute atomic E-state index is 0.00381. The summed E-state index contributed by atoms with van der Waals surface area (Å²) < 4.78 is 2.32. The number of aromatic nitrogens is 1. The summed E-state index contributed by atoms with van der Waals surface area (Å²) in [5, 5.41) is 6.43. The second kappa shape index (κ2) is 7.04. The minimum Gasteiger partial charge on any atom is -0.352 e. The third kappa shape index (κ3) is 3.08. The fourth-order valence-corrected chi connectivity index (χ4v) is 3.60. The summed E-state index contributed by atoms with van der Waals surface area (Å²) in [4.78, 5) is 12.6. The Bertz CT molecular complexity index is 1070. The summed E-state index contributed by atoms with van der Waals surface area (Å²) in [6, 6.07) is 24.5. The lowest BCUT2D eigenvalue weighted by atomic mass is 10.0. The Kier molecular flexibility index (Phi) is 4.44.